The third-order valence-electron chi connectivity index (χ3n) is 6.50. The molecular weight excluding hydrogens is 360 g/mol. The van der Waals surface area contributed by atoms with Crippen LogP contribution in [0.3, 0.4) is 0 Å². The van der Waals surface area contributed by atoms with Crippen molar-refractivity contribution in [1.82, 2.24) is 14.7 Å². The maximum atomic E-state index is 13.6. The molecule has 0 aromatic carbocycles. The van der Waals surface area contributed by atoms with Crippen molar-refractivity contribution in [3.05, 3.63) is 58.9 Å². The van der Waals surface area contributed by atoms with E-state index in [2.05, 4.69) is 53.2 Å². The maximum Gasteiger partial charge on any atom is 0.259 e. The van der Waals surface area contributed by atoms with Crippen LogP contribution in [0, 0.1) is 5.92 Å². The summed E-state index contributed by atoms with van der Waals surface area (Å²) < 4.78 is 0. The lowest BCUT2D eigenvalue weighted by atomic mass is 9.94. The number of rotatable bonds is 4. The second-order valence-corrected chi connectivity index (χ2v) is 8.70. The fraction of sp³-hybridized carbons (Fsp3) is 0.500. The number of nitrogens with zero attached hydrogens (tertiary/aromatic N) is 4. The van der Waals surface area contributed by atoms with Crippen LogP contribution in [0.4, 0.5) is 0 Å². The fourth-order valence-corrected chi connectivity index (χ4v) is 5.10. The van der Waals surface area contributed by atoms with Gasteiger partial charge in [-0.05, 0) is 37.7 Å². The predicted octanol–water partition coefficient (Wildman–Crippen LogP) is 3.26. The van der Waals surface area contributed by atoms with Crippen LogP contribution in [0.2, 0.25) is 0 Å². The zero-order valence-electron chi connectivity index (χ0n) is 17.3. The molecule has 0 saturated heterocycles. The Morgan fingerprint density at radius 3 is 2.93 bits per heavy atom. The monoisotopic (exact) mass is 390 g/mol. The van der Waals surface area contributed by atoms with Crippen LogP contribution in [-0.4, -0.2) is 65.8 Å². The number of amides is 1. The van der Waals surface area contributed by atoms with Crippen molar-refractivity contribution in [3.63, 3.8) is 0 Å². The Morgan fingerprint density at radius 1 is 1.17 bits per heavy atom. The lowest BCUT2D eigenvalue weighted by Gasteiger charge is -2.43. The number of carbonyl (C=O) groups excluding carboxylic acids is 1. The minimum absolute atomic E-state index is 0.176. The first-order valence-corrected chi connectivity index (χ1v) is 11.0. The molecule has 0 saturated carbocycles. The van der Waals surface area contributed by atoms with Crippen molar-refractivity contribution in [1.29, 1.82) is 0 Å². The van der Waals surface area contributed by atoms with E-state index in [4.69, 9.17) is 4.99 Å². The van der Waals surface area contributed by atoms with Crippen LogP contribution in [0.25, 0.3) is 0 Å². The molecule has 0 spiro atoms. The molecule has 152 valence electrons. The van der Waals surface area contributed by atoms with Gasteiger partial charge in [0.25, 0.3) is 5.91 Å². The van der Waals surface area contributed by atoms with Gasteiger partial charge in [0.15, 0.2) is 0 Å². The molecule has 29 heavy (non-hydrogen) atoms. The van der Waals surface area contributed by atoms with Crippen LogP contribution in [0.1, 0.15) is 32.6 Å². The highest BCUT2D eigenvalue weighted by Crippen LogP contribution is 2.32. The summed E-state index contributed by atoms with van der Waals surface area (Å²) >= 11 is 0. The van der Waals surface area contributed by atoms with Crippen LogP contribution >= 0.6 is 0 Å². The lowest BCUT2D eigenvalue weighted by Crippen LogP contribution is -2.55. The number of guanidine groups is 1. The molecule has 0 aromatic heterocycles. The Morgan fingerprint density at radius 2 is 2.10 bits per heavy atom. The Kier molecular flexibility index (Phi) is 5.00. The summed E-state index contributed by atoms with van der Waals surface area (Å²) in [5.41, 5.74) is 4.89. The first kappa shape index (κ1) is 18.6. The Labute approximate surface area is 173 Å². The summed E-state index contributed by atoms with van der Waals surface area (Å²) in [6, 6.07) is 0. The predicted molar refractivity (Wildman–Crippen MR) is 116 cm³/mol. The normalized spacial score (nSPS) is 27.0. The topological polar surface area (TPSA) is 39.2 Å². The first-order chi connectivity index (χ1) is 14.2. The van der Waals surface area contributed by atoms with Crippen molar-refractivity contribution in [2.45, 2.75) is 32.6 Å². The molecule has 5 aliphatic rings. The highest BCUT2D eigenvalue weighted by Gasteiger charge is 2.41. The summed E-state index contributed by atoms with van der Waals surface area (Å²) in [6.07, 6.45) is 17.8. The summed E-state index contributed by atoms with van der Waals surface area (Å²) in [6.45, 7) is 7.25. The van der Waals surface area contributed by atoms with Gasteiger partial charge in [0, 0.05) is 44.8 Å². The van der Waals surface area contributed by atoms with E-state index in [1.807, 2.05) is 4.90 Å². The van der Waals surface area contributed by atoms with Crippen molar-refractivity contribution < 1.29 is 4.79 Å². The van der Waals surface area contributed by atoms with Gasteiger partial charge in [-0.3, -0.25) is 19.6 Å². The number of allylic oxidation sites excluding steroid dienone is 5. The molecule has 5 heteroatoms. The van der Waals surface area contributed by atoms with Gasteiger partial charge in [-0.15, -0.1) is 0 Å². The van der Waals surface area contributed by atoms with Crippen LogP contribution < -0.4 is 0 Å². The van der Waals surface area contributed by atoms with Crippen LogP contribution in [0.5, 0.6) is 0 Å². The average Bonchev–Trinajstić information content (AvgIpc) is 3.22. The minimum Gasteiger partial charge on any atom is -0.314 e. The van der Waals surface area contributed by atoms with E-state index in [1.165, 1.54) is 16.8 Å². The molecule has 0 bridgehead atoms. The molecule has 1 atom stereocenters. The number of fused-ring (bicyclic) bond motifs is 2. The van der Waals surface area contributed by atoms with Gasteiger partial charge >= 0.3 is 0 Å². The van der Waals surface area contributed by atoms with Crippen LogP contribution in [-0.2, 0) is 4.79 Å². The molecule has 0 aromatic rings. The standard InChI is InChI=1S/C24H30N4O/c1-18-6-5-9-20(14-18)16-28-23(29)21-17-26(15-19-7-3-2-4-8-19)12-10-22(21)27-13-11-25-24(27)28/h3,5-8,14,20H,2,4,9-13,15-17H2,1H3. The second kappa shape index (κ2) is 7.79. The smallest absolute Gasteiger partial charge is 0.259 e. The van der Waals surface area contributed by atoms with E-state index in [0.717, 1.165) is 76.5 Å². The Hall–Kier alpha value is -2.40. The quantitative estimate of drug-likeness (QED) is 0.740. The molecule has 3 heterocycles. The zero-order valence-corrected chi connectivity index (χ0v) is 17.3. The van der Waals surface area contributed by atoms with E-state index in [9.17, 15) is 4.79 Å². The summed E-state index contributed by atoms with van der Waals surface area (Å²) in [5.74, 6) is 1.43. The summed E-state index contributed by atoms with van der Waals surface area (Å²) in [7, 11) is 0. The van der Waals surface area contributed by atoms with Crippen molar-refractivity contribution in [2.75, 3.05) is 39.3 Å². The van der Waals surface area contributed by atoms with Crippen molar-refractivity contribution >= 4 is 11.9 Å². The lowest BCUT2D eigenvalue weighted by molar-refractivity contribution is -0.125. The Balaban J connectivity index is 1.36. The third-order valence-corrected chi connectivity index (χ3v) is 6.50. The maximum absolute atomic E-state index is 13.6. The Bertz CT molecular complexity index is 889. The minimum atomic E-state index is 0.176. The average molecular weight is 391 g/mol. The van der Waals surface area contributed by atoms with Gasteiger partial charge in [-0.2, -0.15) is 0 Å². The van der Waals surface area contributed by atoms with Gasteiger partial charge < -0.3 is 4.90 Å². The van der Waals surface area contributed by atoms with Gasteiger partial charge in [-0.1, -0.05) is 42.0 Å². The third kappa shape index (κ3) is 3.64. The van der Waals surface area contributed by atoms with E-state index < -0.39 is 0 Å². The van der Waals surface area contributed by atoms with Crippen molar-refractivity contribution in [2.24, 2.45) is 10.9 Å². The highest BCUT2D eigenvalue weighted by molar-refractivity contribution is 6.10. The van der Waals surface area contributed by atoms with Gasteiger partial charge in [0.05, 0.1) is 12.1 Å². The number of hydrogen-bond donors (Lipinski definition) is 0. The molecule has 0 N–H and O–H groups in total. The molecular formula is C24H30N4O. The molecule has 1 unspecified atom stereocenters. The highest BCUT2D eigenvalue weighted by atomic mass is 16.2. The molecule has 1 amide bonds. The van der Waals surface area contributed by atoms with Crippen LogP contribution in [0.15, 0.2) is 63.9 Å². The molecule has 2 aliphatic carbocycles. The number of hydrogen-bond acceptors (Lipinski definition) is 4. The van der Waals surface area contributed by atoms with E-state index in [1.54, 1.807) is 0 Å². The van der Waals surface area contributed by atoms with E-state index in [-0.39, 0.29) is 5.91 Å². The molecule has 0 fully saturated rings. The largest absolute Gasteiger partial charge is 0.314 e. The van der Waals surface area contributed by atoms with Gasteiger partial charge in [0.1, 0.15) is 0 Å². The van der Waals surface area contributed by atoms with Crippen molar-refractivity contribution in [3.8, 4) is 0 Å². The number of aliphatic imine (C=N–C) groups is 1. The molecule has 3 aliphatic heterocycles. The molecule has 5 nitrogen and oxygen atoms in total. The fourth-order valence-electron chi connectivity index (χ4n) is 5.10. The van der Waals surface area contributed by atoms with E-state index >= 15 is 0 Å². The number of carbonyl (C=O) groups is 1. The SMILES string of the molecule is CC1=CC(CN2C(=O)C3=C(CCN(CC4=CCCC=C4)C3)N3CCN=C23)CC=C1. The first-order valence-electron chi connectivity index (χ1n) is 11.0. The van der Waals surface area contributed by atoms with Gasteiger partial charge in [-0.25, -0.2) is 0 Å². The molecule has 0 radical (unpaired) electrons. The summed E-state index contributed by atoms with van der Waals surface area (Å²) in [4.78, 5) is 25.0. The van der Waals surface area contributed by atoms with E-state index in [0.29, 0.717) is 5.92 Å². The summed E-state index contributed by atoms with van der Waals surface area (Å²) in [5, 5.41) is 0. The molecule has 5 rings (SSSR count). The van der Waals surface area contributed by atoms with Gasteiger partial charge in [0.2, 0.25) is 5.96 Å². The zero-order chi connectivity index (χ0) is 19.8. The second-order valence-electron chi connectivity index (χ2n) is 8.70.